The Labute approximate surface area is 122 Å². The van der Waals surface area contributed by atoms with Gasteiger partial charge in [0, 0.05) is 17.0 Å². The van der Waals surface area contributed by atoms with Crippen molar-refractivity contribution >= 4 is 17.2 Å². The number of hydrogen-bond acceptors (Lipinski definition) is 4. The third kappa shape index (κ3) is 4.36. The van der Waals surface area contributed by atoms with Gasteiger partial charge in [0.1, 0.15) is 12.4 Å². The van der Waals surface area contributed by atoms with Crippen LogP contribution in [-0.2, 0) is 6.61 Å². The first-order chi connectivity index (χ1) is 9.79. The molecule has 1 aromatic carbocycles. The van der Waals surface area contributed by atoms with Gasteiger partial charge in [-0.15, -0.1) is 11.3 Å². The molecule has 0 fully saturated rings. The Morgan fingerprint density at radius 1 is 1.30 bits per heavy atom. The standard InChI is InChI=1S/C15H18N2O2S/c16-7-3-8-17-15(18)12-4-1-5-13(10-12)19-11-14-6-2-9-20-14/h1-2,4-6,9-10H,3,7-8,11,16H2,(H,17,18). The maximum Gasteiger partial charge on any atom is 0.251 e. The molecule has 0 aliphatic heterocycles. The molecule has 1 amide bonds. The predicted molar refractivity (Wildman–Crippen MR) is 81.1 cm³/mol. The van der Waals surface area contributed by atoms with Crippen molar-refractivity contribution in [1.82, 2.24) is 5.32 Å². The summed E-state index contributed by atoms with van der Waals surface area (Å²) in [5.41, 5.74) is 6.00. The van der Waals surface area contributed by atoms with Gasteiger partial charge in [-0.3, -0.25) is 4.79 Å². The Hall–Kier alpha value is -1.85. The van der Waals surface area contributed by atoms with Crippen molar-refractivity contribution in [3.8, 4) is 5.75 Å². The molecule has 0 atom stereocenters. The van der Waals surface area contributed by atoms with E-state index >= 15 is 0 Å². The number of amides is 1. The number of carbonyl (C=O) groups excluding carboxylic acids is 1. The summed E-state index contributed by atoms with van der Waals surface area (Å²) >= 11 is 1.65. The summed E-state index contributed by atoms with van der Waals surface area (Å²) in [7, 11) is 0. The van der Waals surface area contributed by atoms with E-state index in [-0.39, 0.29) is 5.91 Å². The van der Waals surface area contributed by atoms with Crippen LogP contribution in [0.5, 0.6) is 5.75 Å². The van der Waals surface area contributed by atoms with Crippen LogP contribution in [0.1, 0.15) is 21.7 Å². The molecule has 0 aliphatic carbocycles. The molecule has 0 bridgehead atoms. The van der Waals surface area contributed by atoms with Crippen molar-refractivity contribution in [2.45, 2.75) is 13.0 Å². The second-order valence-corrected chi connectivity index (χ2v) is 5.33. The molecule has 3 N–H and O–H groups in total. The molecule has 0 spiro atoms. The minimum absolute atomic E-state index is 0.0972. The third-order valence-electron chi connectivity index (χ3n) is 2.72. The van der Waals surface area contributed by atoms with E-state index in [1.807, 2.05) is 29.6 Å². The topological polar surface area (TPSA) is 64.3 Å². The van der Waals surface area contributed by atoms with Crippen molar-refractivity contribution in [2.75, 3.05) is 13.1 Å². The SMILES string of the molecule is NCCCNC(=O)c1cccc(OCc2cccs2)c1. The number of nitrogens with two attached hydrogens (primary N) is 1. The number of nitrogens with one attached hydrogen (secondary N) is 1. The molecule has 0 saturated heterocycles. The number of rotatable bonds is 7. The average Bonchev–Trinajstić information content (AvgIpc) is 2.99. The van der Waals surface area contributed by atoms with Gasteiger partial charge in [0.2, 0.25) is 0 Å². The van der Waals surface area contributed by atoms with Gasteiger partial charge in [-0.05, 0) is 42.6 Å². The summed E-state index contributed by atoms with van der Waals surface area (Å²) in [4.78, 5) is 13.1. The Morgan fingerprint density at radius 3 is 2.95 bits per heavy atom. The fraction of sp³-hybridized carbons (Fsp3) is 0.267. The highest BCUT2D eigenvalue weighted by Gasteiger charge is 2.06. The number of carbonyl (C=O) groups is 1. The zero-order valence-electron chi connectivity index (χ0n) is 11.2. The van der Waals surface area contributed by atoms with E-state index in [2.05, 4.69) is 5.32 Å². The second kappa shape index (κ2) is 7.67. The monoisotopic (exact) mass is 290 g/mol. The van der Waals surface area contributed by atoms with Gasteiger partial charge in [-0.1, -0.05) is 12.1 Å². The molecule has 20 heavy (non-hydrogen) atoms. The molecule has 2 aromatic rings. The van der Waals surface area contributed by atoms with Crippen molar-refractivity contribution in [3.05, 3.63) is 52.2 Å². The first-order valence-corrected chi connectivity index (χ1v) is 7.41. The van der Waals surface area contributed by atoms with E-state index in [1.54, 1.807) is 23.5 Å². The van der Waals surface area contributed by atoms with Gasteiger partial charge in [0.15, 0.2) is 0 Å². The summed E-state index contributed by atoms with van der Waals surface area (Å²) < 4.78 is 5.68. The van der Waals surface area contributed by atoms with E-state index in [4.69, 9.17) is 10.5 Å². The van der Waals surface area contributed by atoms with Crippen LogP contribution in [0.3, 0.4) is 0 Å². The Kier molecular flexibility index (Phi) is 5.58. The molecule has 2 rings (SSSR count). The van der Waals surface area contributed by atoms with Crippen molar-refractivity contribution in [2.24, 2.45) is 5.73 Å². The lowest BCUT2D eigenvalue weighted by molar-refractivity contribution is 0.0953. The molecule has 1 heterocycles. The smallest absolute Gasteiger partial charge is 0.251 e. The highest BCUT2D eigenvalue weighted by molar-refractivity contribution is 7.09. The van der Waals surface area contributed by atoms with E-state index in [0.717, 1.165) is 11.3 Å². The summed E-state index contributed by atoms with van der Waals surface area (Å²) in [5.74, 6) is 0.602. The largest absolute Gasteiger partial charge is 0.488 e. The van der Waals surface area contributed by atoms with Crippen molar-refractivity contribution < 1.29 is 9.53 Å². The first-order valence-electron chi connectivity index (χ1n) is 6.53. The van der Waals surface area contributed by atoms with E-state index in [9.17, 15) is 4.79 Å². The Balaban J connectivity index is 1.91. The van der Waals surface area contributed by atoms with Gasteiger partial charge < -0.3 is 15.8 Å². The number of thiophene rings is 1. The van der Waals surface area contributed by atoms with Gasteiger partial charge in [-0.25, -0.2) is 0 Å². The van der Waals surface area contributed by atoms with Crippen LogP contribution < -0.4 is 15.8 Å². The predicted octanol–water partition coefficient (Wildman–Crippen LogP) is 2.41. The van der Waals surface area contributed by atoms with Crippen LogP contribution in [0.25, 0.3) is 0 Å². The van der Waals surface area contributed by atoms with Gasteiger partial charge in [0.05, 0.1) is 0 Å². The molecular weight excluding hydrogens is 272 g/mol. The normalized spacial score (nSPS) is 10.2. The molecule has 5 heteroatoms. The fourth-order valence-electron chi connectivity index (χ4n) is 1.68. The lowest BCUT2D eigenvalue weighted by Gasteiger charge is -2.08. The minimum Gasteiger partial charge on any atom is -0.488 e. The summed E-state index contributed by atoms with van der Waals surface area (Å²) in [6.07, 6.45) is 0.778. The number of ether oxygens (including phenoxy) is 1. The Bertz CT molecular complexity index is 541. The highest BCUT2D eigenvalue weighted by atomic mass is 32.1. The molecule has 0 aliphatic rings. The van der Waals surface area contributed by atoms with Gasteiger partial charge in [-0.2, -0.15) is 0 Å². The maximum absolute atomic E-state index is 11.9. The molecule has 0 saturated carbocycles. The van der Waals surface area contributed by atoms with E-state index in [1.165, 1.54) is 0 Å². The van der Waals surface area contributed by atoms with Crippen LogP contribution >= 0.6 is 11.3 Å². The first kappa shape index (κ1) is 14.6. The second-order valence-electron chi connectivity index (χ2n) is 4.29. The molecule has 106 valence electrons. The highest BCUT2D eigenvalue weighted by Crippen LogP contribution is 2.17. The zero-order chi connectivity index (χ0) is 14.2. The number of benzene rings is 1. The van der Waals surface area contributed by atoms with E-state index in [0.29, 0.717) is 31.0 Å². The van der Waals surface area contributed by atoms with Crippen LogP contribution in [0.4, 0.5) is 0 Å². The quantitative estimate of drug-likeness (QED) is 0.770. The molecule has 0 unspecified atom stereocenters. The molecule has 0 radical (unpaired) electrons. The van der Waals surface area contributed by atoms with Crippen molar-refractivity contribution in [1.29, 1.82) is 0 Å². The average molecular weight is 290 g/mol. The zero-order valence-corrected chi connectivity index (χ0v) is 12.0. The number of hydrogen-bond donors (Lipinski definition) is 2. The summed E-state index contributed by atoms with van der Waals surface area (Å²) in [6, 6.07) is 11.2. The van der Waals surface area contributed by atoms with Crippen LogP contribution in [0.2, 0.25) is 0 Å². The van der Waals surface area contributed by atoms with Crippen LogP contribution in [-0.4, -0.2) is 19.0 Å². The summed E-state index contributed by atoms with van der Waals surface area (Å²) in [6.45, 7) is 1.69. The Morgan fingerprint density at radius 2 is 2.20 bits per heavy atom. The molecule has 1 aromatic heterocycles. The fourth-order valence-corrected chi connectivity index (χ4v) is 2.30. The maximum atomic E-state index is 11.9. The third-order valence-corrected chi connectivity index (χ3v) is 3.57. The minimum atomic E-state index is -0.0972. The van der Waals surface area contributed by atoms with Crippen molar-refractivity contribution in [3.63, 3.8) is 0 Å². The van der Waals surface area contributed by atoms with Crippen LogP contribution in [0, 0.1) is 0 Å². The molecular formula is C15H18N2O2S. The van der Waals surface area contributed by atoms with E-state index < -0.39 is 0 Å². The summed E-state index contributed by atoms with van der Waals surface area (Å²) in [5, 5.41) is 4.84. The molecule has 4 nitrogen and oxygen atoms in total. The lowest BCUT2D eigenvalue weighted by atomic mass is 10.2. The van der Waals surface area contributed by atoms with Gasteiger partial charge >= 0.3 is 0 Å². The van der Waals surface area contributed by atoms with Gasteiger partial charge in [0.25, 0.3) is 5.91 Å². The lowest BCUT2D eigenvalue weighted by Crippen LogP contribution is -2.25. The van der Waals surface area contributed by atoms with Crippen LogP contribution in [0.15, 0.2) is 41.8 Å².